The standard InChI is InChI=1S/C21H27N3O3S/c1-17-6-8-18(9-7-17)10-11-21(25)22-19-4-3-5-20(16-19)28(26,27)24-14-12-23(2)13-15-24/h3-9,16H,10-15H2,1-2H3,(H,22,25). The van der Waals surface area contributed by atoms with E-state index in [1.807, 2.05) is 38.2 Å². The first-order chi connectivity index (χ1) is 13.3. The summed E-state index contributed by atoms with van der Waals surface area (Å²) in [5.74, 6) is -0.130. The molecule has 0 saturated carbocycles. The minimum atomic E-state index is -3.55. The van der Waals surface area contributed by atoms with E-state index in [0.717, 1.165) is 5.56 Å². The molecule has 0 atom stereocenters. The van der Waals surface area contributed by atoms with Gasteiger partial charge in [-0.3, -0.25) is 4.79 Å². The van der Waals surface area contributed by atoms with Crippen molar-refractivity contribution in [1.29, 1.82) is 0 Å². The molecule has 0 aliphatic carbocycles. The fourth-order valence-electron chi connectivity index (χ4n) is 3.15. The third kappa shape index (κ3) is 5.19. The van der Waals surface area contributed by atoms with Crippen molar-refractivity contribution in [3.63, 3.8) is 0 Å². The zero-order valence-corrected chi connectivity index (χ0v) is 17.2. The molecule has 2 aromatic rings. The Bertz CT molecular complexity index is 918. The van der Waals surface area contributed by atoms with Crippen molar-refractivity contribution in [1.82, 2.24) is 9.21 Å². The van der Waals surface area contributed by atoms with Crippen LogP contribution < -0.4 is 5.32 Å². The quantitative estimate of drug-likeness (QED) is 0.807. The Kier molecular flexibility index (Phi) is 6.49. The number of piperazine rings is 1. The van der Waals surface area contributed by atoms with Gasteiger partial charge < -0.3 is 10.2 Å². The van der Waals surface area contributed by atoms with Crippen LogP contribution in [0.25, 0.3) is 0 Å². The van der Waals surface area contributed by atoms with Gasteiger partial charge >= 0.3 is 0 Å². The van der Waals surface area contributed by atoms with Crippen molar-refractivity contribution in [2.45, 2.75) is 24.7 Å². The first-order valence-corrected chi connectivity index (χ1v) is 10.9. The van der Waals surface area contributed by atoms with Gasteiger partial charge in [-0.15, -0.1) is 0 Å². The molecule has 2 aromatic carbocycles. The zero-order chi connectivity index (χ0) is 20.1. The van der Waals surface area contributed by atoms with E-state index in [2.05, 4.69) is 10.2 Å². The molecule has 1 aliphatic rings. The summed E-state index contributed by atoms with van der Waals surface area (Å²) in [7, 11) is -1.56. The van der Waals surface area contributed by atoms with Crippen molar-refractivity contribution in [2.75, 3.05) is 38.5 Å². The number of rotatable bonds is 6. The molecule has 28 heavy (non-hydrogen) atoms. The molecule has 1 aliphatic heterocycles. The summed E-state index contributed by atoms with van der Waals surface area (Å²) in [6.45, 7) is 4.42. The third-order valence-electron chi connectivity index (χ3n) is 4.98. The average molecular weight is 402 g/mol. The molecule has 150 valence electrons. The molecule has 0 bridgehead atoms. The number of nitrogens with zero attached hydrogens (tertiary/aromatic N) is 2. The highest BCUT2D eigenvalue weighted by Gasteiger charge is 2.27. The minimum absolute atomic E-state index is 0.130. The van der Waals surface area contributed by atoms with Gasteiger partial charge in [0.25, 0.3) is 0 Å². The average Bonchev–Trinajstić information content (AvgIpc) is 2.68. The van der Waals surface area contributed by atoms with Gasteiger partial charge in [-0.05, 0) is 44.2 Å². The number of amides is 1. The van der Waals surface area contributed by atoms with Gasteiger partial charge in [0, 0.05) is 38.3 Å². The van der Waals surface area contributed by atoms with E-state index >= 15 is 0 Å². The van der Waals surface area contributed by atoms with Gasteiger partial charge in [-0.2, -0.15) is 4.31 Å². The maximum Gasteiger partial charge on any atom is 0.243 e. The van der Waals surface area contributed by atoms with E-state index in [1.165, 1.54) is 15.9 Å². The Labute approximate surface area is 167 Å². The molecule has 7 heteroatoms. The number of anilines is 1. The fourth-order valence-corrected chi connectivity index (χ4v) is 4.62. The van der Waals surface area contributed by atoms with Crippen LogP contribution >= 0.6 is 0 Å². The van der Waals surface area contributed by atoms with E-state index in [0.29, 0.717) is 44.7 Å². The monoisotopic (exact) mass is 401 g/mol. The van der Waals surface area contributed by atoms with Crippen molar-refractivity contribution in [3.05, 3.63) is 59.7 Å². The molecule has 6 nitrogen and oxygen atoms in total. The highest BCUT2D eigenvalue weighted by molar-refractivity contribution is 7.89. The van der Waals surface area contributed by atoms with Crippen LogP contribution in [0.2, 0.25) is 0 Å². The highest BCUT2D eigenvalue weighted by atomic mass is 32.2. The Morgan fingerprint density at radius 1 is 1.04 bits per heavy atom. The number of hydrogen-bond acceptors (Lipinski definition) is 4. The van der Waals surface area contributed by atoms with Crippen LogP contribution in [0.4, 0.5) is 5.69 Å². The number of sulfonamides is 1. The first-order valence-electron chi connectivity index (χ1n) is 9.49. The van der Waals surface area contributed by atoms with Crippen LogP contribution in [0.3, 0.4) is 0 Å². The maximum atomic E-state index is 12.9. The predicted octanol–water partition coefficient (Wildman–Crippen LogP) is 2.50. The van der Waals surface area contributed by atoms with Crippen molar-refractivity contribution >= 4 is 21.6 Å². The summed E-state index contributed by atoms with van der Waals surface area (Å²) in [6.07, 6.45) is 0.990. The zero-order valence-electron chi connectivity index (χ0n) is 16.4. The number of benzene rings is 2. The molecule has 0 aromatic heterocycles. The van der Waals surface area contributed by atoms with E-state index < -0.39 is 10.0 Å². The summed E-state index contributed by atoms with van der Waals surface area (Å²) in [6, 6.07) is 14.6. The van der Waals surface area contributed by atoms with Gasteiger partial charge in [0.1, 0.15) is 0 Å². The van der Waals surface area contributed by atoms with Crippen molar-refractivity contribution < 1.29 is 13.2 Å². The SMILES string of the molecule is Cc1ccc(CCC(=O)Nc2cccc(S(=O)(=O)N3CCN(C)CC3)c2)cc1. The lowest BCUT2D eigenvalue weighted by molar-refractivity contribution is -0.116. The number of likely N-dealkylation sites (N-methyl/N-ethyl adjacent to an activating group) is 1. The second-order valence-electron chi connectivity index (χ2n) is 7.27. The fraction of sp³-hybridized carbons (Fsp3) is 0.381. The second-order valence-corrected chi connectivity index (χ2v) is 9.21. The predicted molar refractivity (Wildman–Crippen MR) is 111 cm³/mol. The number of carbonyl (C=O) groups is 1. The van der Waals surface area contributed by atoms with E-state index in [-0.39, 0.29) is 10.8 Å². The van der Waals surface area contributed by atoms with Crippen molar-refractivity contribution in [2.24, 2.45) is 0 Å². The van der Waals surface area contributed by atoms with E-state index in [4.69, 9.17) is 0 Å². The lowest BCUT2D eigenvalue weighted by atomic mass is 10.1. The smallest absolute Gasteiger partial charge is 0.243 e. The molecule has 1 saturated heterocycles. The van der Waals surface area contributed by atoms with Gasteiger partial charge in [-0.1, -0.05) is 35.9 Å². The van der Waals surface area contributed by atoms with Gasteiger partial charge in [0.05, 0.1) is 4.90 Å². The molecule has 3 rings (SSSR count). The normalized spacial score (nSPS) is 16.1. The molecule has 0 spiro atoms. The molecule has 0 unspecified atom stereocenters. The van der Waals surface area contributed by atoms with E-state index in [1.54, 1.807) is 18.2 Å². The number of nitrogens with one attached hydrogen (secondary N) is 1. The molecule has 1 N–H and O–H groups in total. The molecule has 0 radical (unpaired) electrons. The summed E-state index contributed by atoms with van der Waals surface area (Å²) < 4.78 is 27.2. The second kappa shape index (κ2) is 8.86. The highest BCUT2D eigenvalue weighted by Crippen LogP contribution is 2.21. The minimum Gasteiger partial charge on any atom is -0.326 e. The summed E-state index contributed by atoms with van der Waals surface area (Å²) >= 11 is 0. The lowest BCUT2D eigenvalue weighted by Crippen LogP contribution is -2.47. The molecule has 1 heterocycles. The Hall–Kier alpha value is -2.22. The maximum absolute atomic E-state index is 12.9. The molecular formula is C21H27N3O3S. The largest absolute Gasteiger partial charge is 0.326 e. The number of carbonyl (C=O) groups excluding carboxylic acids is 1. The van der Waals surface area contributed by atoms with Crippen LogP contribution in [0.5, 0.6) is 0 Å². The van der Waals surface area contributed by atoms with Crippen LogP contribution in [0.15, 0.2) is 53.4 Å². The Balaban J connectivity index is 1.62. The van der Waals surface area contributed by atoms with Crippen LogP contribution in [0.1, 0.15) is 17.5 Å². The number of hydrogen-bond donors (Lipinski definition) is 1. The Morgan fingerprint density at radius 3 is 2.39 bits per heavy atom. The van der Waals surface area contributed by atoms with Gasteiger partial charge in [-0.25, -0.2) is 8.42 Å². The lowest BCUT2D eigenvalue weighted by Gasteiger charge is -2.31. The van der Waals surface area contributed by atoms with E-state index in [9.17, 15) is 13.2 Å². The topological polar surface area (TPSA) is 69.7 Å². The van der Waals surface area contributed by atoms with Crippen LogP contribution in [-0.2, 0) is 21.2 Å². The summed E-state index contributed by atoms with van der Waals surface area (Å²) in [5.41, 5.74) is 2.79. The third-order valence-corrected chi connectivity index (χ3v) is 6.87. The summed E-state index contributed by atoms with van der Waals surface area (Å²) in [4.78, 5) is 14.6. The van der Waals surface area contributed by atoms with Crippen LogP contribution in [-0.4, -0.2) is 56.8 Å². The van der Waals surface area contributed by atoms with Gasteiger partial charge in [0.15, 0.2) is 0 Å². The van der Waals surface area contributed by atoms with Gasteiger partial charge in [0.2, 0.25) is 15.9 Å². The summed E-state index contributed by atoms with van der Waals surface area (Å²) in [5, 5.41) is 2.82. The molecular weight excluding hydrogens is 374 g/mol. The molecule has 1 fully saturated rings. The van der Waals surface area contributed by atoms with Crippen molar-refractivity contribution in [3.8, 4) is 0 Å². The van der Waals surface area contributed by atoms with Crippen LogP contribution in [0, 0.1) is 6.92 Å². The Morgan fingerprint density at radius 2 is 1.71 bits per heavy atom. The molecule has 1 amide bonds. The first kappa shape index (κ1) is 20.5. The number of aryl methyl sites for hydroxylation is 2.